The van der Waals surface area contributed by atoms with Crippen molar-refractivity contribution in [1.29, 1.82) is 0 Å². The van der Waals surface area contributed by atoms with Crippen LogP contribution in [0.5, 0.6) is 0 Å². The smallest absolute Gasteiger partial charge is 0.225 e. The van der Waals surface area contributed by atoms with Gasteiger partial charge in [0.25, 0.3) is 0 Å². The maximum Gasteiger partial charge on any atom is 0.225 e. The van der Waals surface area contributed by atoms with E-state index in [-0.39, 0.29) is 0 Å². The summed E-state index contributed by atoms with van der Waals surface area (Å²) in [6, 6.07) is 0. The lowest BCUT2D eigenvalue weighted by molar-refractivity contribution is 0.0679. The summed E-state index contributed by atoms with van der Waals surface area (Å²) in [4.78, 5) is 0. The van der Waals surface area contributed by atoms with E-state index >= 15 is 0 Å². The lowest BCUT2D eigenvalue weighted by Gasteiger charge is -2.10. The minimum Gasteiger partial charge on any atom is -0.382 e. The number of hydrogen-bond acceptors (Lipinski definition) is 4. The summed E-state index contributed by atoms with van der Waals surface area (Å²) < 4.78 is 12.2. The van der Waals surface area contributed by atoms with E-state index in [1.54, 1.807) is 7.11 Å². The van der Waals surface area contributed by atoms with Gasteiger partial charge in [-0.2, -0.15) is 0 Å². The third-order valence-electron chi connectivity index (χ3n) is 2.35. The van der Waals surface area contributed by atoms with Crippen LogP contribution in [-0.2, 0) is 16.0 Å². The van der Waals surface area contributed by atoms with E-state index in [9.17, 15) is 0 Å². The Kier molecular flexibility index (Phi) is 6.47. The summed E-state index contributed by atoms with van der Waals surface area (Å²) >= 11 is 5.98. The third kappa shape index (κ3) is 4.61. The number of rotatable bonds is 8. The van der Waals surface area contributed by atoms with Crippen LogP contribution < -0.4 is 0 Å². The Morgan fingerprint density at radius 3 is 2.65 bits per heavy atom. The number of hydrogen-bond donors (Lipinski definition) is 0. The Morgan fingerprint density at radius 1 is 1.24 bits per heavy atom. The largest absolute Gasteiger partial charge is 0.382 e. The molecule has 0 bridgehead atoms. The molecule has 0 fully saturated rings. The van der Waals surface area contributed by atoms with Gasteiger partial charge in [-0.15, -0.1) is 10.2 Å². The zero-order valence-electron chi connectivity index (χ0n) is 10.6. The third-order valence-corrected chi connectivity index (χ3v) is 2.63. The van der Waals surface area contributed by atoms with E-state index in [1.807, 2.05) is 4.57 Å². The van der Waals surface area contributed by atoms with Gasteiger partial charge in [0.15, 0.2) is 0 Å². The van der Waals surface area contributed by atoms with Crippen molar-refractivity contribution in [3.63, 3.8) is 0 Å². The fourth-order valence-corrected chi connectivity index (χ4v) is 1.71. The lowest BCUT2D eigenvalue weighted by atomic mass is 10.2. The Hall–Kier alpha value is -0.650. The summed E-state index contributed by atoms with van der Waals surface area (Å²) in [6.07, 6.45) is 0.890. The molecular weight excluding hydrogens is 242 g/mol. The van der Waals surface area contributed by atoms with Gasteiger partial charge in [0.2, 0.25) is 5.28 Å². The van der Waals surface area contributed by atoms with Crippen molar-refractivity contribution >= 4 is 11.6 Å². The molecule has 1 aromatic heterocycles. The van der Waals surface area contributed by atoms with Gasteiger partial charge < -0.3 is 14.0 Å². The average Bonchev–Trinajstić information content (AvgIpc) is 2.65. The average molecular weight is 262 g/mol. The Morgan fingerprint density at radius 2 is 2.00 bits per heavy atom. The molecule has 5 nitrogen and oxygen atoms in total. The summed E-state index contributed by atoms with van der Waals surface area (Å²) in [5.41, 5.74) is 0. The molecule has 0 aliphatic rings. The molecular formula is C11H20ClN3O2. The van der Waals surface area contributed by atoms with Crippen LogP contribution in [0.25, 0.3) is 0 Å². The van der Waals surface area contributed by atoms with E-state index in [0.717, 1.165) is 18.8 Å². The van der Waals surface area contributed by atoms with Crippen molar-refractivity contribution in [2.75, 3.05) is 26.9 Å². The normalized spacial score (nSPS) is 11.4. The second-order valence-electron chi connectivity index (χ2n) is 4.09. The van der Waals surface area contributed by atoms with Crippen molar-refractivity contribution in [1.82, 2.24) is 14.8 Å². The van der Waals surface area contributed by atoms with Gasteiger partial charge in [0.05, 0.1) is 13.2 Å². The van der Waals surface area contributed by atoms with E-state index in [1.165, 1.54) is 0 Å². The summed E-state index contributed by atoms with van der Waals surface area (Å²) in [7, 11) is 1.66. The van der Waals surface area contributed by atoms with Crippen LogP contribution in [0.2, 0.25) is 5.28 Å². The van der Waals surface area contributed by atoms with Gasteiger partial charge in [0, 0.05) is 26.2 Å². The SMILES string of the molecule is COCCOCCCn1c(Cl)nnc1C(C)C. The van der Waals surface area contributed by atoms with Crippen LogP contribution in [-0.4, -0.2) is 41.7 Å². The molecule has 0 spiro atoms. The molecule has 0 N–H and O–H groups in total. The molecule has 0 radical (unpaired) electrons. The number of methoxy groups -OCH3 is 1. The van der Waals surface area contributed by atoms with Crippen molar-refractivity contribution in [3.05, 3.63) is 11.1 Å². The summed E-state index contributed by atoms with van der Waals surface area (Å²) in [6.45, 7) is 6.88. The maximum absolute atomic E-state index is 5.98. The lowest BCUT2D eigenvalue weighted by Crippen LogP contribution is -2.09. The van der Waals surface area contributed by atoms with Crippen LogP contribution >= 0.6 is 11.6 Å². The predicted octanol–water partition coefficient (Wildman–Crippen LogP) is 2.11. The molecule has 0 saturated carbocycles. The first-order valence-corrected chi connectivity index (χ1v) is 6.20. The van der Waals surface area contributed by atoms with E-state index in [2.05, 4.69) is 24.0 Å². The highest BCUT2D eigenvalue weighted by molar-refractivity contribution is 6.28. The first-order chi connectivity index (χ1) is 8.16. The fourth-order valence-electron chi connectivity index (χ4n) is 1.50. The monoisotopic (exact) mass is 261 g/mol. The molecule has 17 heavy (non-hydrogen) atoms. The molecule has 98 valence electrons. The number of ether oxygens (including phenoxy) is 2. The second kappa shape index (κ2) is 7.63. The Bertz CT molecular complexity index is 329. The highest BCUT2D eigenvalue weighted by Crippen LogP contribution is 2.16. The molecule has 0 aliphatic carbocycles. The fraction of sp³-hybridized carbons (Fsp3) is 0.818. The van der Waals surface area contributed by atoms with Crippen LogP contribution in [0.3, 0.4) is 0 Å². The van der Waals surface area contributed by atoms with Crippen molar-refractivity contribution in [3.8, 4) is 0 Å². The van der Waals surface area contributed by atoms with Crippen LogP contribution in [0.1, 0.15) is 32.0 Å². The first-order valence-electron chi connectivity index (χ1n) is 5.82. The molecule has 1 rings (SSSR count). The minimum absolute atomic E-state index is 0.324. The van der Waals surface area contributed by atoms with Crippen molar-refractivity contribution < 1.29 is 9.47 Å². The molecule has 1 aromatic rings. The number of aromatic nitrogens is 3. The van der Waals surface area contributed by atoms with Crippen LogP contribution in [0, 0.1) is 0 Å². The van der Waals surface area contributed by atoms with Gasteiger partial charge in [-0.25, -0.2) is 0 Å². The van der Waals surface area contributed by atoms with E-state index < -0.39 is 0 Å². The van der Waals surface area contributed by atoms with Gasteiger partial charge in [-0.3, -0.25) is 0 Å². The number of nitrogens with zero attached hydrogens (tertiary/aromatic N) is 3. The van der Waals surface area contributed by atoms with Gasteiger partial charge in [-0.05, 0) is 18.0 Å². The molecule has 0 saturated heterocycles. The zero-order chi connectivity index (χ0) is 12.7. The van der Waals surface area contributed by atoms with Gasteiger partial charge in [-0.1, -0.05) is 13.8 Å². The molecule has 0 atom stereocenters. The minimum atomic E-state index is 0.324. The van der Waals surface area contributed by atoms with Gasteiger partial charge >= 0.3 is 0 Å². The Balaban J connectivity index is 2.33. The molecule has 0 aromatic carbocycles. The van der Waals surface area contributed by atoms with Crippen LogP contribution in [0.4, 0.5) is 0 Å². The highest BCUT2D eigenvalue weighted by Gasteiger charge is 2.12. The molecule has 0 amide bonds. The van der Waals surface area contributed by atoms with Crippen LogP contribution in [0.15, 0.2) is 0 Å². The zero-order valence-corrected chi connectivity index (χ0v) is 11.4. The first kappa shape index (κ1) is 14.4. The quantitative estimate of drug-likeness (QED) is 0.673. The molecule has 1 heterocycles. The summed E-state index contributed by atoms with van der Waals surface area (Å²) in [5, 5.41) is 8.40. The van der Waals surface area contributed by atoms with E-state index in [4.69, 9.17) is 21.1 Å². The number of halogens is 1. The van der Waals surface area contributed by atoms with Crippen molar-refractivity contribution in [2.24, 2.45) is 0 Å². The molecule has 0 aliphatic heterocycles. The van der Waals surface area contributed by atoms with Gasteiger partial charge in [0.1, 0.15) is 5.82 Å². The topological polar surface area (TPSA) is 49.2 Å². The molecule has 6 heteroatoms. The van der Waals surface area contributed by atoms with Crippen molar-refractivity contribution in [2.45, 2.75) is 32.7 Å². The predicted molar refractivity (Wildman–Crippen MR) is 66.4 cm³/mol. The summed E-state index contributed by atoms with van der Waals surface area (Å²) in [5.74, 6) is 1.25. The highest BCUT2D eigenvalue weighted by atomic mass is 35.5. The maximum atomic E-state index is 5.98. The van der Waals surface area contributed by atoms with E-state index in [0.29, 0.717) is 31.0 Å². The second-order valence-corrected chi connectivity index (χ2v) is 4.43. The standard InChI is InChI=1S/C11H20ClN3O2/c1-9(2)10-13-14-11(12)15(10)5-4-6-17-8-7-16-3/h9H,4-8H2,1-3H3. The molecule has 0 unspecified atom stereocenters. The Labute approximate surface area is 107 Å².